The van der Waals surface area contributed by atoms with Gasteiger partial charge in [-0.2, -0.15) is 0 Å². The maximum absolute atomic E-state index is 12.4. The number of amides is 1. The lowest BCUT2D eigenvalue weighted by Crippen LogP contribution is -2.49. The van der Waals surface area contributed by atoms with Crippen LogP contribution in [0.5, 0.6) is 0 Å². The van der Waals surface area contributed by atoms with Crippen LogP contribution in [0.2, 0.25) is 0 Å². The van der Waals surface area contributed by atoms with Gasteiger partial charge in [-0.15, -0.1) is 5.10 Å². The number of anilines is 1. The zero-order chi connectivity index (χ0) is 17.8. The predicted molar refractivity (Wildman–Crippen MR) is 92.6 cm³/mol. The first-order valence-corrected chi connectivity index (χ1v) is 8.46. The van der Waals surface area contributed by atoms with E-state index in [2.05, 4.69) is 10.2 Å². The van der Waals surface area contributed by atoms with Crippen LogP contribution in [-0.2, 0) is 4.79 Å². The molecule has 0 bridgehead atoms. The number of aromatic nitrogens is 2. The second kappa shape index (κ2) is 7.46. The molecule has 1 aromatic heterocycles. The fraction of sp³-hybridized carbons (Fsp3) is 0.444. The minimum Gasteiger partial charge on any atom is -0.408 e. The second-order valence-electron chi connectivity index (χ2n) is 6.21. The normalized spacial score (nSPS) is 14.6. The summed E-state index contributed by atoms with van der Waals surface area (Å²) in [4.78, 5) is 28.4. The van der Waals surface area contributed by atoms with Gasteiger partial charge in [0.1, 0.15) is 0 Å². The second-order valence-corrected chi connectivity index (χ2v) is 6.21. The number of carbonyl (C=O) groups is 2. The molecule has 1 saturated heterocycles. The van der Waals surface area contributed by atoms with Crippen molar-refractivity contribution < 1.29 is 14.0 Å². The molecule has 2 heterocycles. The van der Waals surface area contributed by atoms with E-state index in [0.717, 1.165) is 5.56 Å². The topological polar surface area (TPSA) is 79.5 Å². The average molecular weight is 342 g/mol. The molecule has 1 aromatic carbocycles. The van der Waals surface area contributed by atoms with Crippen LogP contribution in [0.15, 0.2) is 28.7 Å². The van der Waals surface area contributed by atoms with Crippen molar-refractivity contribution in [3.05, 3.63) is 41.3 Å². The van der Waals surface area contributed by atoms with Gasteiger partial charge in [0, 0.05) is 51.5 Å². The standard InChI is InChI=1S/C18H22N4O3/c1-13-5-3-4-6-15(13)16(23)7-8-17(24)21-9-11-22(12-10-21)18-20-19-14(2)25-18/h3-6H,7-12H2,1-2H3. The van der Waals surface area contributed by atoms with Crippen LogP contribution in [0.25, 0.3) is 0 Å². The van der Waals surface area contributed by atoms with Gasteiger partial charge in [0.15, 0.2) is 5.78 Å². The van der Waals surface area contributed by atoms with Crippen molar-refractivity contribution in [2.24, 2.45) is 0 Å². The molecule has 3 rings (SSSR count). The van der Waals surface area contributed by atoms with E-state index in [0.29, 0.717) is 43.6 Å². The maximum Gasteiger partial charge on any atom is 0.318 e. The summed E-state index contributed by atoms with van der Waals surface area (Å²) in [5, 5.41) is 7.83. The minimum atomic E-state index is 0.0169. The molecule has 1 aliphatic rings. The van der Waals surface area contributed by atoms with Gasteiger partial charge in [0.2, 0.25) is 11.8 Å². The highest BCUT2D eigenvalue weighted by Crippen LogP contribution is 2.16. The molecule has 0 spiro atoms. The Morgan fingerprint density at radius 1 is 1.04 bits per heavy atom. The largest absolute Gasteiger partial charge is 0.408 e. The summed E-state index contributed by atoms with van der Waals surface area (Å²) < 4.78 is 5.41. The third-order valence-corrected chi connectivity index (χ3v) is 4.43. The van der Waals surface area contributed by atoms with E-state index < -0.39 is 0 Å². The number of benzene rings is 1. The predicted octanol–water partition coefficient (Wildman–Crippen LogP) is 2.00. The number of aryl methyl sites for hydroxylation is 2. The molecular weight excluding hydrogens is 320 g/mol. The lowest BCUT2D eigenvalue weighted by Gasteiger charge is -2.33. The van der Waals surface area contributed by atoms with Gasteiger partial charge in [0.05, 0.1) is 0 Å². The third kappa shape index (κ3) is 4.04. The summed E-state index contributed by atoms with van der Waals surface area (Å²) in [6.07, 6.45) is 0.486. The first kappa shape index (κ1) is 17.1. The minimum absolute atomic E-state index is 0.0169. The number of Topliss-reactive ketones (excluding diaryl/α,β-unsaturated/α-hetero) is 1. The van der Waals surface area contributed by atoms with Gasteiger partial charge in [-0.25, -0.2) is 0 Å². The van der Waals surface area contributed by atoms with E-state index in [1.807, 2.05) is 36.1 Å². The molecule has 0 unspecified atom stereocenters. The number of carbonyl (C=O) groups excluding carboxylic acids is 2. The molecule has 0 aliphatic carbocycles. The number of nitrogens with zero attached hydrogens (tertiary/aromatic N) is 4. The fourth-order valence-corrected chi connectivity index (χ4v) is 2.96. The Bertz CT molecular complexity index is 763. The van der Waals surface area contributed by atoms with Crippen LogP contribution < -0.4 is 4.90 Å². The van der Waals surface area contributed by atoms with E-state index in [1.165, 1.54) is 0 Å². The van der Waals surface area contributed by atoms with Crippen molar-refractivity contribution in [2.75, 3.05) is 31.1 Å². The molecule has 1 fully saturated rings. The Morgan fingerprint density at radius 2 is 1.76 bits per heavy atom. The van der Waals surface area contributed by atoms with E-state index in [9.17, 15) is 9.59 Å². The van der Waals surface area contributed by atoms with E-state index >= 15 is 0 Å². The number of hydrogen-bond donors (Lipinski definition) is 0. The summed E-state index contributed by atoms with van der Waals surface area (Å²) in [7, 11) is 0. The van der Waals surface area contributed by atoms with Crippen LogP contribution in [0.3, 0.4) is 0 Å². The highest BCUT2D eigenvalue weighted by molar-refractivity contribution is 5.99. The maximum atomic E-state index is 12.4. The van der Waals surface area contributed by atoms with Gasteiger partial charge in [-0.3, -0.25) is 9.59 Å². The fourth-order valence-electron chi connectivity index (χ4n) is 2.96. The molecule has 0 radical (unpaired) electrons. The van der Waals surface area contributed by atoms with E-state index in [1.54, 1.807) is 11.8 Å². The van der Waals surface area contributed by atoms with Gasteiger partial charge < -0.3 is 14.2 Å². The van der Waals surface area contributed by atoms with Crippen LogP contribution in [0, 0.1) is 13.8 Å². The third-order valence-electron chi connectivity index (χ3n) is 4.43. The zero-order valence-electron chi connectivity index (χ0n) is 14.6. The molecule has 0 saturated carbocycles. The van der Waals surface area contributed by atoms with Crippen molar-refractivity contribution in [2.45, 2.75) is 26.7 Å². The van der Waals surface area contributed by atoms with Crippen molar-refractivity contribution in [3.8, 4) is 0 Å². The average Bonchev–Trinajstić information content (AvgIpc) is 3.06. The Balaban J connectivity index is 1.48. The van der Waals surface area contributed by atoms with Crippen LogP contribution in [0.1, 0.15) is 34.7 Å². The lowest BCUT2D eigenvalue weighted by molar-refractivity contribution is -0.131. The monoisotopic (exact) mass is 342 g/mol. The summed E-state index contributed by atoms with van der Waals surface area (Å²) >= 11 is 0. The number of hydrogen-bond acceptors (Lipinski definition) is 6. The van der Waals surface area contributed by atoms with E-state index in [-0.39, 0.29) is 24.5 Å². The van der Waals surface area contributed by atoms with Crippen LogP contribution >= 0.6 is 0 Å². The Kier molecular flexibility index (Phi) is 5.11. The summed E-state index contributed by atoms with van der Waals surface area (Å²) in [5.41, 5.74) is 1.65. The number of piperazine rings is 1. The Morgan fingerprint density at radius 3 is 2.40 bits per heavy atom. The van der Waals surface area contributed by atoms with Gasteiger partial charge >= 0.3 is 6.01 Å². The zero-order valence-corrected chi connectivity index (χ0v) is 14.6. The molecule has 7 heteroatoms. The quantitative estimate of drug-likeness (QED) is 0.773. The molecule has 0 atom stereocenters. The smallest absolute Gasteiger partial charge is 0.318 e. The summed E-state index contributed by atoms with van der Waals surface area (Å²) in [6.45, 7) is 6.16. The summed E-state index contributed by atoms with van der Waals surface area (Å²) in [6, 6.07) is 7.97. The van der Waals surface area contributed by atoms with E-state index in [4.69, 9.17) is 4.42 Å². The van der Waals surface area contributed by atoms with Gasteiger partial charge in [-0.05, 0) is 12.5 Å². The van der Waals surface area contributed by atoms with Gasteiger partial charge in [-0.1, -0.05) is 29.4 Å². The molecule has 0 N–H and O–H groups in total. The summed E-state index contributed by atoms with van der Waals surface area (Å²) in [5.74, 6) is 0.568. The van der Waals surface area contributed by atoms with Crippen LogP contribution in [-0.4, -0.2) is 53.0 Å². The van der Waals surface area contributed by atoms with Crippen molar-refractivity contribution >= 4 is 17.7 Å². The highest BCUT2D eigenvalue weighted by atomic mass is 16.4. The molecule has 25 heavy (non-hydrogen) atoms. The molecule has 1 aliphatic heterocycles. The molecular formula is C18H22N4O3. The lowest BCUT2D eigenvalue weighted by atomic mass is 10.0. The first-order chi connectivity index (χ1) is 12.0. The Hall–Kier alpha value is -2.70. The SMILES string of the molecule is Cc1nnc(N2CCN(C(=O)CCC(=O)c3ccccc3C)CC2)o1. The first-order valence-electron chi connectivity index (χ1n) is 8.46. The van der Waals surface area contributed by atoms with Gasteiger partial charge in [0.25, 0.3) is 0 Å². The highest BCUT2D eigenvalue weighted by Gasteiger charge is 2.24. The number of ketones is 1. The molecule has 7 nitrogen and oxygen atoms in total. The Labute approximate surface area is 146 Å². The molecule has 132 valence electrons. The van der Waals surface area contributed by atoms with Crippen molar-refractivity contribution in [1.82, 2.24) is 15.1 Å². The molecule has 2 aromatic rings. The van der Waals surface area contributed by atoms with Crippen molar-refractivity contribution in [1.29, 1.82) is 0 Å². The van der Waals surface area contributed by atoms with Crippen molar-refractivity contribution in [3.63, 3.8) is 0 Å². The van der Waals surface area contributed by atoms with Crippen LogP contribution in [0.4, 0.5) is 6.01 Å². The number of rotatable bonds is 5. The molecule has 1 amide bonds.